The van der Waals surface area contributed by atoms with Gasteiger partial charge in [-0.2, -0.15) is 0 Å². The molecule has 0 bridgehead atoms. The maximum atomic E-state index is 4.25. The molecule has 1 atom stereocenters. The van der Waals surface area contributed by atoms with E-state index in [0.29, 0.717) is 12.0 Å². The van der Waals surface area contributed by atoms with E-state index in [9.17, 15) is 0 Å². The predicted octanol–water partition coefficient (Wildman–Crippen LogP) is 3.35. The molecular formula is C16H24N4. The third-order valence-electron chi connectivity index (χ3n) is 3.28. The molecule has 1 unspecified atom stereocenters. The third kappa shape index (κ3) is 3.67. The lowest BCUT2D eigenvalue weighted by atomic mass is 10.0. The fourth-order valence-electron chi connectivity index (χ4n) is 2.35. The highest BCUT2D eigenvalue weighted by molar-refractivity contribution is 5.32. The van der Waals surface area contributed by atoms with E-state index in [4.69, 9.17) is 0 Å². The Hall–Kier alpha value is -1.68. The van der Waals surface area contributed by atoms with Crippen LogP contribution in [0.5, 0.6) is 0 Å². The second-order valence-electron chi connectivity index (χ2n) is 5.54. The lowest BCUT2D eigenvalue weighted by Crippen LogP contribution is -2.25. The van der Waals surface area contributed by atoms with Gasteiger partial charge in [0.05, 0.1) is 23.6 Å². The summed E-state index contributed by atoms with van der Waals surface area (Å²) in [5.74, 6) is 0.628. The number of hydrogen-bond acceptors (Lipinski definition) is 3. The minimum Gasteiger partial charge on any atom is -0.309 e. The average Bonchev–Trinajstić information content (AvgIpc) is 2.93. The van der Waals surface area contributed by atoms with Crippen molar-refractivity contribution in [1.29, 1.82) is 0 Å². The van der Waals surface area contributed by atoms with Gasteiger partial charge in [-0.25, -0.2) is 4.68 Å². The molecule has 0 fully saturated rings. The van der Waals surface area contributed by atoms with Crippen molar-refractivity contribution in [1.82, 2.24) is 20.3 Å². The molecule has 4 nitrogen and oxygen atoms in total. The van der Waals surface area contributed by atoms with E-state index < -0.39 is 0 Å². The van der Waals surface area contributed by atoms with Crippen molar-refractivity contribution in [2.75, 3.05) is 6.54 Å². The fourth-order valence-corrected chi connectivity index (χ4v) is 2.35. The van der Waals surface area contributed by atoms with Crippen LogP contribution in [0, 0.1) is 5.92 Å². The third-order valence-corrected chi connectivity index (χ3v) is 3.28. The summed E-state index contributed by atoms with van der Waals surface area (Å²) >= 11 is 0. The summed E-state index contributed by atoms with van der Waals surface area (Å²) in [4.78, 5) is 0. The van der Waals surface area contributed by atoms with Crippen LogP contribution < -0.4 is 5.32 Å². The van der Waals surface area contributed by atoms with Gasteiger partial charge in [0.2, 0.25) is 0 Å². The van der Waals surface area contributed by atoms with Crippen LogP contribution in [0.15, 0.2) is 36.5 Å². The van der Waals surface area contributed by atoms with Gasteiger partial charge in [-0.15, -0.1) is 5.10 Å². The van der Waals surface area contributed by atoms with Crippen LogP contribution in [-0.4, -0.2) is 21.5 Å². The summed E-state index contributed by atoms with van der Waals surface area (Å²) in [5.41, 5.74) is 2.20. The quantitative estimate of drug-likeness (QED) is 0.840. The van der Waals surface area contributed by atoms with Gasteiger partial charge < -0.3 is 5.32 Å². The normalized spacial score (nSPS) is 12.8. The first-order valence-corrected chi connectivity index (χ1v) is 7.41. The standard InChI is InChI=1S/C16H24N4/c1-4-10-17-15(11-13(2)3)16-12-18-19-20(16)14-8-6-5-7-9-14/h5-9,12-13,15,17H,4,10-11H2,1-3H3. The van der Waals surface area contributed by atoms with Gasteiger partial charge in [-0.3, -0.25) is 0 Å². The Morgan fingerprint density at radius 2 is 1.95 bits per heavy atom. The van der Waals surface area contributed by atoms with Crippen molar-refractivity contribution in [3.63, 3.8) is 0 Å². The van der Waals surface area contributed by atoms with Crippen LogP contribution in [0.1, 0.15) is 45.3 Å². The number of nitrogens with one attached hydrogen (secondary N) is 1. The second kappa shape index (κ2) is 7.20. The maximum absolute atomic E-state index is 4.25. The molecule has 4 heteroatoms. The molecule has 0 aliphatic rings. The zero-order valence-corrected chi connectivity index (χ0v) is 12.6. The smallest absolute Gasteiger partial charge is 0.0815 e. The van der Waals surface area contributed by atoms with Crippen molar-refractivity contribution >= 4 is 0 Å². The van der Waals surface area contributed by atoms with Gasteiger partial charge in [0, 0.05) is 0 Å². The molecule has 0 aliphatic heterocycles. The van der Waals surface area contributed by atoms with E-state index in [2.05, 4.69) is 48.5 Å². The molecule has 1 aromatic heterocycles. The largest absolute Gasteiger partial charge is 0.309 e. The molecule has 0 radical (unpaired) electrons. The minimum absolute atomic E-state index is 0.296. The second-order valence-corrected chi connectivity index (χ2v) is 5.54. The van der Waals surface area contributed by atoms with E-state index in [1.54, 1.807) is 0 Å². The highest BCUT2D eigenvalue weighted by atomic mass is 15.4. The molecule has 20 heavy (non-hydrogen) atoms. The van der Waals surface area contributed by atoms with Gasteiger partial charge in [0.15, 0.2) is 0 Å². The number of rotatable bonds is 7. The van der Waals surface area contributed by atoms with Crippen LogP contribution in [0.25, 0.3) is 5.69 Å². The van der Waals surface area contributed by atoms with E-state index >= 15 is 0 Å². The number of benzene rings is 1. The van der Waals surface area contributed by atoms with E-state index in [0.717, 1.165) is 30.8 Å². The lowest BCUT2D eigenvalue weighted by molar-refractivity contribution is 0.416. The zero-order chi connectivity index (χ0) is 14.4. The van der Waals surface area contributed by atoms with Crippen LogP contribution >= 0.6 is 0 Å². The SMILES string of the molecule is CCCNC(CC(C)C)c1cnnn1-c1ccccc1. The molecule has 0 spiro atoms. The number of para-hydroxylation sites is 1. The maximum Gasteiger partial charge on any atom is 0.0815 e. The first-order valence-electron chi connectivity index (χ1n) is 7.41. The minimum atomic E-state index is 0.296. The van der Waals surface area contributed by atoms with Gasteiger partial charge in [-0.05, 0) is 37.4 Å². The van der Waals surface area contributed by atoms with Gasteiger partial charge in [-0.1, -0.05) is 44.2 Å². The van der Waals surface area contributed by atoms with Crippen molar-refractivity contribution in [3.05, 3.63) is 42.2 Å². The van der Waals surface area contributed by atoms with Crippen LogP contribution in [0.2, 0.25) is 0 Å². The summed E-state index contributed by atoms with van der Waals surface area (Å²) in [7, 11) is 0. The topological polar surface area (TPSA) is 42.7 Å². The Bertz CT molecular complexity index is 504. The predicted molar refractivity (Wildman–Crippen MR) is 81.8 cm³/mol. The number of aromatic nitrogens is 3. The molecule has 2 aromatic rings. The first kappa shape index (κ1) is 14.7. The Morgan fingerprint density at radius 3 is 2.60 bits per heavy atom. The average molecular weight is 272 g/mol. The van der Waals surface area contributed by atoms with E-state index in [1.807, 2.05) is 29.1 Å². The Labute approximate surface area is 121 Å². The number of hydrogen-bond donors (Lipinski definition) is 1. The summed E-state index contributed by atoms with van der Waals surface area (Å²) < 4.78 is 1.94. The summed E-state index contributed by atoms with van der Waals surface area (Å²) in [6.07, 6.45) is 4.09. The van der Waals surface area contributed by atoms with Crippen molar-refractivity contribution < 1.29 is 0 Å². The lowest BCUT2D eigenvalue weighted by Gasteiger charge is -2.21. The summed E-state index contributed by atoms with van der Waals surface area (Å²) in [6.45, 7) is 7.69. The molecular weight excluding hydrogens is 248 g/mol. The molecule has 1 N–H and O–H groups in total. The molecule has 0 saturated carbocycles. The molecule has 1 heterocycles. The zero-order valence-electron chi connectivity index (χ0n) is 12.6. The monoisotopic (exact) mass is 272 g/mol. The molecule has 2 rings (SSSR count). The Morgan fingerprint density at radius 1 is 1.20 bits per heavy atom. The van der Waals surface area contributed by atoms with Crippen molar-refractivity contribution in [2.24, 2.45) is 5.92 Å². The molecule has 0 aliphatic carbocycles. The highest BCUT2D eigenvalue weighted by Crippen LogP contribution is 2.22. The summed E-state index contributed by atoms with van der Waals surface area (Å²) in [6, 6.07) is 10.5. The first-order chi connectivity index (χ1) is 9.72. The van der Waals surface area contributed by atoms with E-state index in [-0.39, 0.29) is 0 Å². The number of nitrogens with zero attached hydrogens (tertiary/aromatic N) is 3. The van der Waals surface area contributed by atoms with Crippen LogP contribution in [0.3, 0.4) is 0 Å². The highest BCUT2D eigenvalue weighted by Gasteiger charge is 2.18. The summed E-state index contributed by atoms with van der Waals surface area (Å²) in [5, 5.41) is 12.0. The van der Waals surface area contributed by atoms with Gasteiger partial charge >= 0.3 is 0 Å². The molecule has 1 aromatic carbocycles. The molecule has 0 amide bonds. The molecule has 108 valence electrons. The van der Waals surface area contributed by atoms with Crippen molar-refractivity contribution in [2.45, 2.75) is 39.7 Å². The van der Waals surface area contributed by atoms with Gasteiger partial charge in [0.1, 0.15) is 0 Å². The van der Waals surface area contributed by atoms with E-state index in [1.165, 1.54) is 0 Å². The van der Waals surface area contributed by atoms with Crippen LogP contribution in [-0.2, 0) is 0 Å². The van der Waals surface area contributed by atoms with Crippen LogP contribution in [0.4, 0.5) is 0 Å². The molecule has 0 saturated heterocycles. The van der Waals surface area contributed by atoms with Gasteiger partial charge in [0.25, 0.3) is 0 Å². The van der Waals surface area contributed by atoms with Crippen molar-refractivity contribution in [3.8, 4) is 5.69 Å². The fraction of sp³-hybridized carbons (Fsp3) is 0.500. The Kier molecular flexibility index (Phi) is 5.30. The Balaban J connectivity index is 2.27.